The number of alkyl halides is 2. The summed E-state index contributed by atoms with van der Waals surface area (Å²) in [6, 6.07) is 1.71. The molecule has 2 aliphatic heterocycles. The fourth-order valence-corrected chi connectivity index (χ4v) is 7.44. The molecule has 37 heavy (non-hydrogen) atoms. The molecular weight excluding hydrogens is 529 g/mol. The van der Waals surface area contributed by atoms with Crippen molar-refractivity contribution in [1.82, 2.24) is 9.80 Å². The number of methoxy groups -OCH3 is 2. The monoisotopic (exact) mass is 551 g/mol. The first-order valence-corrected chi connectivity index (χ1v) is 12.1. The summed E-state index contributed by atoms with van der Waals surface area (Å²) >= 11 is 14.1. The summed E-state index contributed by atoms with van der Waals surface area (Å²) in [4.78, 5) is 62.3. The average molecular weight is 552 g/mol. The molecule has 0 aromatic heterocycles. The predicted octanol–water partition coefficient (Wildman–Crippen LogP) is 1.48. The van der Waals surface area contributed by atoms with E-state index in [2.05, 4.69) is 0 Å². The Morgan fingerprint density at radius 2 is 1.65 bits per heavy atom. The molecule has 1 aromatic carbocycles. The number of amides is 6. The van der Waals surface area contributed by atoms with E-state index in [1.807, 2.05) is 0 Å². The quantitative estimate of drug-likeness (QED) is 0.325. The van der Waals surface area contributed by atoms with Crippen LogP contribution in [0, 0.1) is 17.8 Å². The summed E-state index contributed by atoms with van der Waals surface area (Å²) in [6.07, 6.45) is 1.55. The van der Waals surface area contributed by atoms with Crippen molar-refractivity contribution in [2.24, 2.45) is 23.5 Å². The summed E-state index contributed by atoms with van der Waals surface area (Å²) in [7, 11) is 3.92. The number of carbonyl (C=O) groups is 5. The highest BCUT2D eigenvalue weighted by Gasteiger charge is 2.76. The second-order valence-electron chi connectivity index (χ2n) is 9.62. The van der Waals surface area contributed by atoms with Gasteiger partial charge in [-0.05, 0) is 36.5 Å². The van der Waals surface area contributed by atoms with Gasteiger partial charge in [-0.3, -0.25) is 24.1 Å². The summed E-state index contributed by atoms with van der Waals surface area (Å²) < 4.78 is 10.6. The van der Waals surface area contributed by atoms with Gasteiger partial charge in [0.1, 0.15) is 0 Å². The highest BCUT2D eigenvalue weighted by atomic mass is 35.5. The number of urea groups is 1. The Kier molecular flexibility index (Phi) is 5.54. The van der Waals surface area contributed by atoms with Gasteiger partial charge in [0.05, 0.1) is 26.1 Å². The molecule has 6 atom stereocenters. The van der Waals surface area contributed by atoms with Crippen LogP contribution >= 0.6 is 23.2 Å². The number of phenols is 1. The van der Waals surface area contributed by atoms with Crippen LogP contribution in [0.2, 0.25) is 0 Å². The van der Waals surface area contributed by atoms with Gasteiger partial charge in [0.25, 0.3) is 11.8 Å². The largest absolute Gasteiger partial charge is 0.502 e. The van der Waals surface area contributed by atoms with Crippen molar-refractivity contribution in [3.63, 3.8) is 0 Å². The van der Waals surface area contributed by atoms with Gasteiger partial charge in [0.2, 0.25) is 17.6 Å². The summed E-state index contributed by atoms with van der Waals surface area (Å²) in [5.41, 5.74) is 6.15. The maximum atomic E-state index is 13.6. The lowest BCUT2D eigenvalue weighted by Gasteiger charge is -2.50. The van der Waals surface area contributed by atoms with Gasteiger partial charge in [0.15, 0.2) is 21.2 Å². The molecule has 2 aliphatic carbocycles. The van der Waals surface area contributed by atoms with E-state index in [9.17, 15) is 29.1 Å². The molecule has 0 radical (unpaired) electrons. The van der Waals surface area contributed by atoms with E-state index in [-0.39, 0.29) is 30.1 Å². The third-order valence-electron chi connectivity index (χ3n) is 8.07. The Balaban J connectivity index is 1.77. The van der Waals surface area contributed by atoms with E-state index >= 15 is 0 Å². The van der Waals surface area contributed by atoms with Gasteiger partial charge in [-0.1, -0.05) is 11.6 Å². The lowest BCUT2D eigenvalue weighted by atomic mass is 9.56. The molecule has 13 heteroatoms. The Morgan fingerprint density at radius 3 is 2.19 bits per heavy atom. The minimum absolute atomic E-state index is 0.0170. The number of imide groups is 4. The summed E-state index contributed by atoms with van der Waals surface area (Å²) in [5.74, 6) is -7.07. The number of carbonyl (C=O) groups excluding carboxylic acids is 5. The van der Waals surface area contributed by atoms with E-state index in [1.165, 1.54) is 33.4 Å². The minimum Gasteiger partial charge on any atom is -0.502 e. The zero-order chi connectivity index (χ0) is 27.2. The van der Waals surface area contributed by atoms with E-state index < -0.39 is 63.1 Å². The van der Waals surface area contributed by atoms with Crippen LogP contribution in [-0.2, 0) is 19.2 Å². The highest BCUT2D eigenvalue weighted by molar-refractivity contribution is 6.53. The molecular formula is C24H23Cl2N3O8. The second kappa shape index (κ2) is 8.09. The first kappa shape index (κ1) is 25.3. The molecule has 0 bridgehead atoms. The first-order chi connectivity index (χ1) is 17.3. The van der Waals surface area contributed by atoms with Crippen molar-refractivity contribution in [3.8, 4) is 17.2 Å². The summed E-state index contributed by atoms with van der Waals surface area (Å²) in [6.45, 7) is 0. The Bertz CT molecular complexity index is 1310. The van der Waals surface area contributed by atoms with Crippen LogP contribution in [-0.4, -0.2) is 75.6 Å². The molecule has 196 valence electrons. The molecule has 4 aliphatic rings. The molecule has 5 rings (SSSR count). The van der Waals surface area contributed by atoms with Crippen LogP contribution in [0.15, 0.2) is 23.8 Å². The number of hydrogen-bond donors (Lipinski definition) is 2. The number of benzene rings is 1. The molecule has 0 spiro atoms. The zero-order valence-corrected chi connectivity index (χ0v) is 21.5. The molecule has 3 fully saturated rings. The Labute approximate surface area is 221 Å². The lowest BCUT2D eigenvalue weighted by molar-refractivity contribution is -0.139. The minimum atomic E-state index is -2.02. The van der Waals surface area contributed by atoms with Crippen molar-refractivity contribution in [3.05, 3.63) is 29.3 Å². The number of fused-ring (bicyclic) bond motifs is 4. The van der Waals surface area contributed by atoms with E-state index in [1.54, 1.807) is 6.08 Å². The van der Waals surface area contributed by atoms with Crippen molar-refractivity contribution in [2.75, 3.05) is 21.3 Å². The fourth-order valence-electron chi connectivity index (χ4n) is 6.42. The molecule has 11 nitrogen and oxygen atoms in total. The average Bonchev–Trinajstić information content (AvgIpc) is 3.19. The molecule has 1 aromatic rings. The van der Waals surface area contributed by atoms with E-state index in [4.69, 9.17) is 38.4 Å². The van der Waals surface area contributed by atoms with Gasteiger partial charge in [-0.2, -0.15) is 4.90 Å². The van der Waals surface area contributed by atoms with Crippen molar-refractivity contribution < 1.29 is 38.6 Å². The van der Waals surface area contributed by atoms with Crippen LogP contribution in [0.5, 0.6) is 17.2 Å². The van der Waals surface area contributed by atoms with Crippen molar-refractivity contribution >= 4 is 52.9 Å². The van der Waals surface area contributed by atoms with Crippen LogP contribution < -0.4 is 15.2 Å². The number of rotatable bonds is 3. The third-order valence-corrected chi connectivity index (χ3v) is 9.48. The number of allylic oxidation sites excluding steroid dienone is 2. The molecule has 6 amide bonds. The van der Waals surface area contributed by atoms with Crippen LogP contribution in [0.25, 0.3) is 0 Å². The van der Waals surface area contributed by atoms with Gasteiger partial charge in [0, 0.05) is 13.0 Å². The topological polar surface area (TPSA) is 157 Å². The third kappa shape index (κ3) is 2.98. The van der Waals surface area contributed by atoms with Gasteiger partial charge in [-0.25, -0.2) is 4.79 Å². The number of likely N-dealkylation sites (tertiary alicyclic amines) is 2. The number of nitrogens with two attached hydrogens (primary N) is 1. The fraction of sp³-hybridized carbons (Fsp3) is 0.458. The van der Waals surface area contributed by atoms with Crippen LogP contribution in [0.3, 0.4) is 0 Å². The van der Waals surface area contributed by atoms with Crippen molar-refractivity contribution in [2.45, 2.75) is 28.5 Å². The van der Waals surface area contributed by atoms with Gasteiger partial charge in [-0.15, -0.1) is 23.2 Å². The molecule has 2 heterocycles. The smallest absolute Gasteiger partial charge is 0.328 e. The number of aromatic hydroxyl groups is 1. The molecule has 3 N–H and O–H groups in total. The van der Waals surface area contributed by atoms with Crippen LogP contribution in [0.1, 0.15) is 24.3 Å². The normalized spacial score (nSPS) is 34.7. The first-order valence-electron chi connectivity index (χ1n) is 11.4. The Morgan fingerprint density at radius 1 is 1.05 bits per heavy atom. The maximum absolute atomic E-state index is 13.6. The zero-order valence-electron chi connectivity index (χ0n) is 20.0. The maximum Gasteiger partial charge on any atom is 0.328 e. The number of phenolic OH excluding ortho intramolecular Hbond substituents is 1. The number of nitrogens with zero attached hydrogens (tertiary/aromatic N) is 2. The molecule has 1 saturated carbocycles. The van der Waals surface area contributed by atoms with Gasteiger partial charge < -0.3 is 20.3 Å². The lowest BCUT2D eigenvalue weighted by Crippen LogP contribution is -2.60. The Hall–Kier alpha value is -3.31. The SMILES string of the molecule is COc1cc([C@H]2C3=CC[C@@H]4C(=O)N(C(N)=O)C(=O)[C@@H]4[C@@H]3C[C@@]3(Cl)C(=O)N(C)C(=O)[C@@]23Cl)cc(OC)c1O. The standard InChI is InChI=1S/C24H23Cl2N3O8/c1-28-20(33)23(25)8-12-10(4-5-11-15(12)19(32)29(18(11)31)22(27)35)16(24(23,26)21(28)34)9-6-13(36-2)17(30)14(7-9)37-3/h4,6-7,11-12,15-16,30H,5,8H2,1-3H3,(H2,27,35)/t11-,12+,15-,16-,23+,24-/m0/s1. The van der Waals surface area contributed by atoms with E-state index in [0.717, 1.165) is 4.90 Å². The predicted molar refractivity (Wildman–Crippen MR) is 128 cm³/mol. The number of halogens is 2. The van der Waals surface area contributed by atoms with Crippen LogP contribution in [0.4, 0.5) is 4.79 Å². The number of ether oxygens (including phenoxy) is 2. The van der Waals surface area contributed by atoms with E-state index in [0.29, 0.717) is 16.0 Å². The number of hydrogen-bond acceptors (Lipinski definition) is 8. The summed E-state index contributed by atoms with van der Waals surface area (Å²) in [5, 5.41) is 10.5. The highest BCUT2D eigenvalue weighted by Crippen LogP contribution is 2.65. The molecule has 2 saturated heterocycles. The van der Waals surface area contributed by atoms with Crippen molar-refractivity contribution in [1.29, 1.82) is 0 Å². The second-order valence-corrected chi connectivity index (χ2v) is 10.9. The molecule has 0 unspecified atom stereocenters. The number of primary amides is 1. The van der Waals surface area contributed by atoms with Gasteiger partial charge >= 0.3 is 6.03 Å².